The molecule has 0 saturated heterocycles. The quantitative estimate of drug-likeness (QED) is 0.943. The number of carbonyl (C=O) groups excluding carboxylic acids is 1. The van der Waals surface area contributed by atoms with Gasteiger partial charge in [-0.2, -0.15) is 0 Å². The number of nitrogens with zero attached hydrogens (tertiary/aromatic N) is 1. The summed E-state index contributed by atoms with van der Waals surface area (Å²) in [5.41, 5.74) is 6.27. The van der Waals surface area contributed by atoms with Gasteiger partial charge >= 0.3 is 0 Å². The Balaban J connectivity index is 1.94. The van der Waals surface area contributed by atoms with E-state index in [1.54, 1.807) is 11.3 Å². The average Bonchev–Trinajstić information content (AvgIpc) is 2.76. The van der Waals surface area contributed by atoms with E-state index < -0.39 is 0 Å². The summed E-state index contributed by atoms with van der Waals surface area (Å²) in [4.78, 5) is 16.9. The van der Waals surface area contributed by atoms with Crippen LogP contribution in [0.4, 0.5) is 5.13 Å². The second kappa shape index (κ2) is 5.07. The maximum Gasteiger partial charge on any atom is 0.180 e. The monoisotopic (exact) mass is 316 g/mol. The summed E-state index contributed by atoms with van der Waals surface area (Å²) in [5, 5.41) is 2.35. The van der Waals surface area contributed by atoms with Crippen LogP contribution in [0.1, 0.15) is 10.6 Å². The van der Waals surface area contributed by atoms with Gasteiger partial charge in [-0.05, 0) is 28.1 Å². The molecule has 3 nitrogen and oxygen atoms in total. The van der Waals surface area contributed by atoms with Crippen LogP contribution in [0.15, 0.2) is 21.3 Å². The molecule has 2 rings (SSSR count). The topological polar surface area (TPSA) is 56.0 Å². The van der Waals surface area contributed by atoms with E-state index in [-0.39, 0.29) is 5.78 Å². The van der Waals surface area contributed by atoms with Crippen LogP contribution >= 0.6 is 38.6 Å². The number of thiophene rings is 1. The number of halogens is 1. The molecule has 84 valence electrons. The smallest absolute Gasteiger partial charge is 0.180 e. The number of nitrogen functional groups attached to an aromatic ring is 1. The molecule has 0 bridgehead atoms. The van der Waals surface area contributed by atoms with E-state index in [9.17, 15) is 4.79 Å². The normalized spacial score (nSPS) is 10.6. The fourth-order valence-electron chi connectivity index (χ4n) is 1.31. The first-order valence-electron chi connectivity index (χ1n) is 4.59. The molecule has 2 aromatic heterocycles. The Kier molecular flexibility index (Phi) is 3.73. The zero-order valence-corrected chi connectivity index (χ0v) is 11.5. The van der Waals surface area contributed by atoms with Crippen molar-refractivity contribution in [3.05, 3.63) is 31.9 Å². The van der Waals surface area contributed by atoms with Gasteiger partial charge in [0.2, 0.25) is 0 Å². The Labute approximate surface area is 109 Å². The van der Waals surface area contributed by atoms with E-state index >= 15 is 0 Å². The van der Waals surface area contributed by atoms with Crippen LogP contribution in [0.25, 0.3) is 0 Å². The van der Waals surface area contributed by atoms with E-state index in [1.807, 2.05) is 17.5 Å². The Hall–Kier alpha value is -0.720. The molecule has 2 heterocycles. The molecule has 2 aromatic rings. The van der Waals surface area contributed by atoms with Gasteiger partial charge in [0.05, 0.1) is 9.48 Å². The van der Waals surface area contributed by atoms with Crippen LogP contribution in [0.2, 0.25) is 0 Å². The minimum Gasteiger partial charge on any atom is -0.375 e. The van der Waals surface area contributed by atoms with Gasteiger partial charge in [-0.1, -0.05) is 0 Å². The zero-order valence-electron chi connectivity index (χ0n) is 8.27. The lowest BCUT2D eigenvalue weighted by Crippen LogP contribution is -2.05. The maximum atomic E-state index is 11.7. The molecule has 0 radical (unpaired) electrons. The first kappa shape index (κ1) is 11.8. The summed E-state index contributed by atoms with van der Waals surface area (Å²) in [6.45, 7) is 0. The standard InChI is InChI=1S/C10H9BrN2OS2/c11-9-2-1-8(16-9)4-7(14)3-6-5-15-10(12)13-6/h1-2,5H,3-4H2,(H2,12,13). The van der Waals surface area contributed by atoms with E-state index in [0.29, 0.717) is 18.0 Å². The van der Waals surface area contributed by atoms with Crippen molar-refractivity contribution in [2.45, 2.75) is 12.8 Å². The van der Waals surface area contributed by atoms with Gasteiger partial charge in [0.25, 0.3) is 0 Å². The van der Waals surface area contributed by atoms with Crippen LogP contribution in [-0.2, 0) is 17.6 Å². The second-order valence-corrected chi connectivity index (χ2v) is 6.71. The number of Topliss-reactive ketones (excluding diaryl/α,β-unsaturated/α-hetero) is 1. The number of anilines is 1. The number of nitrogens with two attached hydrogens (primary N) is 1. The molecule has 0 saturated carbocycles. The molecular weight excluding hydrogens is 308 g/mol. The van der Waals surface area contributed by atoms with Crippen LogP contribution in [-0.4, -0.2) is 10.8 Å². The van der Waals surface area contributed by atoms with E-state index in [2.05, 4.69) is 20.9 Å². The molecule has 0 aromatic carbocycles. The molecule has 6 heteroatoms. The lowest BCUT2D eigenvalue weighted by atomic mass is 10.1. The summed E-state index contributed by atoms with van der Waals surface area (Å²) in [5.74, 6) is 0.166. The van der Waals surface area contributed by atoms with Crippen molar-refractivity contribution < 1.29 is 4.79 Å². The fraction of sp³-hybridized carbons (Fsp3) is 0.200. The highest BCUT2D eigenvalue weighted by atomic mass is 79.9. The van der Waals surface area contributed by atoms with E-state index in [1.165, 1.54) is 11.3 Å². The van der Waals surface area contributed by atoms with Crippen molar-refractivity contribution in [2.24, 2.45) is 0 Å². The number of hydrogen-bond donors (Lipinski definition) is 1. The van der Waals surface area contributed by atoms with Crippen LogP contribution in [0.5, 0.6) is 0 Å². The first-order valence-corrected chi connectivity index (χ1v) is 7.08. The second-order valence-electron chi connectivity index (χ2n) is 3.28. The van der Waals surface area contributed by atoms with Gasteiger partial charge in [0.15, 0.2) is 5.13 Å². The third-order valence-electron chi connectivity index (χ3n) is 1.95. The van der Waals surface area contributed by atoms with E-state index in [4.69, 9.17) is 5.73 Å². The molecule has 0 atom stereocenters. The third kappa shape index (κ3) is 3.13. The molecule has 0 aliphatic heterocycles. The number of aromatic nitrogens is 1. The Morgan fingerprint density at radius 1 is 1.44 bits per heavy atom. The van der Waals surface area contributed by atoms with Crippen molar-refractivity contribution in [1.82, 2.24) is 4.98 Å². The lowest BCUT2D eigenvalue weighted by Gasteiger charge is -1.95. The molecule has 0 amide bonds. The fourth-order valence-corrected chi connectivity index (χ4v) is 3.38. The Morgan fingerprint density at radius 2 is 2.25 bits per heavy atom. The average molecular weight is 317 g/mol. The lowest BCUT2D eigenvalue weighted by molar-refractivity contribution is -0.117. The Morgan fingerprint density at radius 3 is 2.81 bits per heavy atom. The summed E-state index contributed by atoms with van der Waals surface area (Å²) < 4.78 is 1.05. The zero-order chi connectivity index (χ0) is 11.5. The minimum absolute atomic E-state index is 0.166. The van der Waals surface area contributed by atoms with Crippen molar-refractivity contribution in [2.75, 3.05) is 5.73 Å². The van der Waals surface area contributed by atoms with Gasteiger partial charge in [0, 0.05) is 23.1 Å². The third-order valence-corrected chi connectivity index (χ3v) is 4.29. The molecule has 0 fully saturated rings. The van der Waals surface area contributed by atoms with Crippen molar-refractivity contribution in [1.29, 1.82) is 0 Å². The maximum absolute atomic E-state index is 11.7. The molecule has 0 aliphatic carbocycles. The minimum atomic E-state index is 0.166. The molecule has 0 aliphatic rings. The van der Waals surface area contributed by atoms with Crippen LogP contribution in [0.3, 0.4) is 0 Å². The molecule has 16 heavy (non-hydrogen) atoms. The van der Waals surface area contributed by atoms with Gasteiger partial charge in [-0.25, -0.2) is 4.98 Å². The van der Waals surface area contributed by atoms with Gasteiger partial charge in [-0.3, -0.25) is 4.79 Å². The number of hydrogen-bond acceptors (Lipinski definition) is 5. The van der Waals surface area contributed by atoms with Gasteiger partial charge in [0.1, 0.15) is 5.78 Å². The molecule has 0 unspecified atom stereocenters. The van der Waals surface area contributed by atoms with Crippen molar-refractivity contribution in [3.8, 4) is 0 Å². The number of thiazole rings is 1. The summed E-state index contributed by atoms with van der Waals surface area (Å²) in [7, 11) is 0. The number of ketones is 1. The summed E-state index contributed by atoms with van der Waals surface area (Å²) >= 11 is 6.32. The SMILES string of the molecule is Nc1nc(CC(=O)Cc2ccc(Br)s2)cs1. The van der Waals surface area contributed by atoms with Crippen molar-refractivity contribution >= 4 is 49.5 Å². The van der Waals surface area contributed by atoms with Gasteiger partial charge in [-0.15, -0.1) is 22.7 Å². The first-order chi connectivity index (χ1) is 7.63. The predicted molar refractivity (Wildman–Crippen MR) is 71.0 cm³/mol. The predicted octanol–water partition coefficient (Wildman–Crippen LogP) is 2.90. The van der Waals surface area contributed by atoms with E-state index in [0.717, 1.165) is 14.4 Å². The highest BCUT2D eigenvalue weighted by molar-refractivity contribution is 9.11. The summed E-state index contributed by atoms with van der Waals surface area (Å²) in [6, 6.07) is 3.91. The highest BCUT2D eigenvalue weighted by Gasteiger charge is 2.09. The molecule has 0 spiro atoms. The van der Waals surface area contributed by atoms with Crippen LogP contribution in [0, 0.1) is 0 Å². The highest BCUT2D eigenvalue weighted by Crippen LogP contribution is 2.23. The molecular formula is C10H9BrN2OS2. The van der Waals surface area contributed by atoms with Crippen LogP contribution < -0.4 is 5.73 Å². The molecule has 2 N–H and O–H groups in total. The number of carbonyl (C=O) groups is 1. The summed E-state index contributed by atoms with van der Waals surface area (Å²) in [6.07, 6.45) is 0.830. The van der Waals surface area contributed by atoms with Gasteiger partial charge < -0.3 is 5.73 Å². The van der Waals surface area contributed by atoms with Crippen molar-refractivity contribution in [3.63, 3.8) is 0 Å². The largest absolute Gasteiger partial charge is 0.375 e. The Bertz CT molecular complexity index is 462. The number of rotatable bonds is 4.